The fourth-order valence-corrected chi connectivity index (χ4v) is 7.07. The van der Waals surface area contributed by atoms with Crippen LogP contribution in [-0.2, 0) is 29.4 Å². The number of halogens is 6. The van der Waals surface area contributed by atoms with E-state index in [1.807, 2.05) is 6.07 Å². The van der Waals surface area contributed by atoms with Gasteiger partial charge >= 0.3 is 24.3 Å². The number of fused-ring (bicyclic) bond motifs is 1. The molecule has 0 bridgehead atoms. The Bertz CT molecular complexity index is 1480. The largest absolute Gasteiger partial charge is 0.463 e. The highest BCUT2D eigenvalue weighted by molar-refractivity contribution is 5.70. The molecule has 258 valence electrons. The summed E-state index contributed by atoms with van der Waals surface area (Å²) in [5, 5.41) is 26.1. The second-order valence-corrected chi connectivity index (χ2v) is 12.9. The average molecular weight is 675 g/mol. The van der Waals surface area contributed by atoms with Gasteiger partial charge in [-0.2, -0.15) is 36.7 Å². The minimum absolute atomic E-state index is 0.0890. The zero-order chi connectivity index (χ0) is 34.1. The first kappa shape index (κ1) is 34.9. The number of carbonyl (C=O) groups excluding carboxylic acids is 2. The normalized spacial score (nSPS) is 31.8. The van der Waals surface area contributed by atoms with E-state index in [1.54, 1.807) is 13.0 Å². The van der Waals surface area contributed by atoms with Crippen LogP contribution in [0.4, 0.5) is 26.3 Å². The number of hydrogen-bond donors (Lipinski definition) is 1. The molecule has 3 heterocycles. The van der Waals surface area contributed by atoms with Crippen LogP contribution in [0.3, 0.4) is 0 Å². The van der Waals surface area contributed by atoms with Gasteiger partial charge in [-0.05, 0) is 82.3 Å². The second-order valence-electron chi connectivity index (χ2n) is 12.9. The van der Waals surface area contributed by atoms with Crippen molar-refractivity contribution < 1.29 is 55.2 Å². The number of carbonyl (C=O) groups is 2. The Morgan fingerprint density at radius 3 is 2.06 bits per heavy atom. The summed E-state index contributed by atoms with van der Waals surface area (Å²) in [5.41, 5.74) is -0.985. The number of esters is 2. The standard InChI is InChI=1S/C31H36F6N4O6/c1-17-22-10-11-24(41(22)40-16-39-17)29(15-38)28(44)27(46-26(43)13-19-4-8-21(9-5-19)31(35,36)37)23(47-29)14-45-25(42)12-18-2-6-20(7-3-18)30(32,33)34/h10-11,16,18-21,23,27-28,44H,2-9,12-14H2,1H3/t18?,19?,20?,21?,23-,27-,28-,29+/m1/s1. The quantitative estimate of drug-likeness (QED) is 0.285. The fourth-order valence-electron chi connectivity index (χ4n) is 7.07. The third kappa shape index (κ3) is 7.51. The summed E-state index contributed by atoms with van der Waals surface area (Å²) in [6, 6.07) is 5.06. The molecule has 1 saturated heterocycles. The molecule has 0 radical (unpaired) electrons. The lowest BCUT2D eigenvalue weighted by molar-refractivity contribution is -0.185. The van der Waals surface area contributed by atoms with Gasteiger partial charge in [0.05, 0.1) is 28.7 Å². The van der Waals surface area contributed by atoms with Gasteiger partial charge < -0.3 is 19.3 Å². The van der Waals surface area contributed by atoms with E-state index in [9.17, 15) is 46.3 Å². The first-order chi connectivity index (χ1) is 22.1. The predicted molar refractivity (Wildman–Crippen MR) is 149 cm³/mol. The molecule has 1 N–H and O–H groups in total. The third-order valence-corrected chi connectivity index (χ3v) is 9.83. The van der Waals surface area contributed by atoms with Crippen LogP contribution in [-0.4, -0.2) is 68.9 Å². The van der Waals surface area contributed by atoms with Gasteiger partial charge in [0.2, 0.25) is 5.60 Å². The number of nitrogens with zero attached hydrogens (tertiary/aromatic N) is 4. The molecule has 10 nitrogen and oxygen atoms in total. The molecule has 5 rings (SSSR count). The van der Waals surface area contributed by atoms with Crippen LogP contribution >= 0.6 is 0 Å². The smallest absolute Gasteiger partial charge is 0.391 e. The number of aromatic nitrogens is 3. The maximum Gasteiger partial charge on any atom is 0.391 e. The topological polar surface area (TPSA) is 136 Å². The summed E-state index contributed by atoms with van der Waals surface area (Å²) in [4.78, 5) is 29.9. The number of alkyl halides is 6. The molecule has 0 spiro atoms. The Balaban J connectivity index is 1.29. The first-order valence-electron chi connectivity index (χ1n) is 15.7. The fraction of sp³-hybridized carbons (Fsp3) is 0.710. The van der Waals surface area contributed by atoms with Crippen molar-refractivity contribution in [2.45, 2.75) is 107 Å². The summed E-state index contributed by atoms with van der Waals surface area (Å²) in [6.07, 6.45) is -12.1. The highest BCUT2D eigenvalue weighted by Gasteiger charge is 2.60. The van der Waals surface area contributed by atoms with Crippen LogP contribution in [0.1, 0.15) is 75.6 Å². The monoisotopic (exact) mass is 674 g/mol. The minimum Gasteiger partial charge on any atom is -0.463 e. The van der Waals surface area contributed by atoms with Gasteiger partial charge in [-0.1, -0.05) is 0 Å². The van der Waals surface area contributed by atoms with Crippen LogP contribution in [0.5, 0.6) is 0 Å². The molecule has 3 aliphatic rings. The SMILES string of the molecule is Cc1ncnn2c([C@]3(C#N)O[C@H](COC(=O)CC4CCC(C(F)(F)F)CC4)[C@@H](OC(=O)CC4CCC(C(F)(F)F)CC4)[C@H]3O)ccc12. The van der Waals surface area contributed by atoms with E-state index in [-0.39, 0.29) is 81.7 Å². The van der Waals surface area contributed by atoms with Gasteiger partial charge in [0.15, 0.2) is 6.10 Å². The first-order valence-corrected chi connectivity index (χ1v) is 15.7. The number of aryl methyl sites for hydroxylation is 1. The molecule has 0 aromatic carbocycles. The molecular formula is C31H36F6N4O6. The van der Waals surface area contributed by atoms with Gasteiger partial charge in [-0.25, -0.2) is 9.50 Å². The molecule has 2 aromatic rings. The minimum atomic E-state index is -4.31. The van der Waals surface area contributed by atoms with Crippen LogP contribution in [0.15, 0.2) is 18.5 Å². The Morgan fingerprint density at radius 2 is 1.53 bits per heavy atom. The maximum atomic E-state index is 13.1. The van der Waals surface area contributed by atoms with E-state index >= 15 is 0 Å². The zero-order valence-electron chi connectivity index (χ0n) is 25.6. The van der Waals surface area contributed by atoms with Crippen molar-refractivity contribution in [2.75, 3.05) is 6.61 Å². The number of aliphatic hydroxyl groups excluding tert-OH is 1. The average Bonchev–Trinajstić information content (AvgIpc) is 3.56. The lowest BCUT2D eigenvalue weighted by atomic mass is 9.80. The predicted octanol–water partition coefficient (Wildman–Crippen LogP) is 5.49. The van der Waals surface area contributed by atoms with Gasteiger partial charge in [0.25, 0.3) is 0 Å². The molecule has 3 fully saturated rings. The van der Waals surface area contributed by atoms with Crippen molar-refractivity contribution in [3.8, 4) is 6.07 Å². The molecular weight excluding hydrogens is 638 g/mol. The number of nitriles is 1. The summed E-state index contributed by atoms with van der Waals surface area (Å²) < 4.78 is 96.8. The second kappa shape index (κ2) is 13.6. The van der Waals surface area contributed by atoms with Crippen molar-refractivity contribution >= 4 is 17.5 Å². The molecule has 16 heteroatoms. The molecule has 0 unspecified atom stereocenters. The van der Waals surface area contributed by atoms with E-state index in [0.717, 1.165) is 0 Å². The van der Waals surface area contributed by atoms with Gasteiger partial charge in [-0.15, -0.1) is 0 Å². The van der Waals surface area contributed by atoms with Gasteiger partial charge in [0, 0.05) is 12.8 Å². The van der Waals surface area contributed by atoms with Crippen molar-refractivity contribution in [3.05, 3.63) is 29.8 Å². The van der Waals surface area contributed by atoms with Crippen molar-refractivity contribution in [1.82, 2.24) is 14.6 Å². The number of rotatable bonds is 8. The summed E-state index contributed by atoms with van der Waals surface area (Å²) in [5.74, 6) is -5.07. The zero-order valence-corrected chi connectivity index (χ0v) is 25.6. The lowest BCUT2D eigenvalue weighted by Gasteiger charge is -2.30. The molecule has 2 aliphatic carbocycles. The van der Waals surface area contributed by atoms with E-state index in [4.69, 9.17) is 14.2 Å². The Hall–Kier alpha value is -3.45. The summed E-state index contributed by atoms with van der Waals surface area (Å²) in [7, 11) is 0. The summed E-state index contributed by atoms with van der Waals surface area (Å²) in [6.45, 7) is 1.15. The highest BCUT2D eigenvalue weighted by atomic mass is 19.4. The molecule has 4 atom stereocenters. The number of aliphatic hydroxyl groups is 1. The van der Waals surface area contributed by atoms with Crippen LogP contribution < -0.4 is 0 Å². The number of hydrogen-bond acceptors (Lipinski definition) is 9. The van der Waals surface area contributed by atoms with Crippen LogP contribution in [0.2, 0.25) is 0 Å². The Kier molecular flexibility index (Phi) is 10.1. The molecule has 2 aromatic heterocycles. The number of ether oxygens (including phenoxy) is 3. The van der Waals surface area contributed by atoms with E-state index in [2.05, 4.69) is 10.1 Å². The third-order valence-electron chi connectivity index (χ3n) is 9.83. The Morgan fingerprint density at radius 1 is 0.979 bits per heavy atom. The molecule has 2 saturated carbocycles. The van der Waals surface area contributed by atoms with Crippen LogP contribution in [0.25, 0.3) is 5.52 Å². The van der Waals surface area contributed by atoms with Gasteiger partial charge in [0.1, 0.15) is 31.2 Å². The van der Waals surface area contributed by atoms with Gasteiger partial charge in [-0.3, -0.25) is 9.59 Å². The van der Waals surface area contributed by atoms with E-state index in [1.165, 1.54) is 16.9 Å². The maximum absolute atomic E-state index is 13.1. The van der Waals surface area contributed by atoms with Crippen molar-refractivity contribution in [3.63, 3.8) is 0 Å². The lowest BCUT2D eigenvalue weighted by Crippen LogP contribution is -2.43. The molecule has 0 amide bonds. The summed E-state index contributed by atoms with van der Waals surface area (Å²) >= 11 is 0. The van der Waals surface area contributed by atoms with Crippen molar-refractivity contribution in [1.29, 1.82) is 5.26 Å². The highest BCUT2D eigenvalue weighted by Crippen LogP contribution is 2.44. The molecule has 47 heavy (non-hydrogen) atoms. The van der Waals surface area contributed by atoms with Crippen LogP contribution in [0, 0.1) is 41.9 Å². The molecule has 1 aliphatic heterocycles. The van der Waals surface area contributed by atoms with Crippen molar-refractivity contribution in [2.24, 2.45) is 23.7 Å². The van der Waals surface area contributed by atoms with E-state index in [0.29, 0.717) is 11.2 Å². The van der Waals surface area contributed by atoms with E-state index < -0.39 is 66.6 Å². The Labute approximate surface area is 266 Å².